The zero-order valence-corrected chi connectivity index (χ0v) is 9.67. The monoisotopic (exact) mass is 266 g/mol. The minimum atomic E-state index is -0.977. The van der Waals surface area contributed by atoms with Crippen molar-refractivity contribution in [3.05, 3.63) is 17.7 Å². The van der Waals surface area contributed by atoms with Crippen LogP contribution in [0.25, 0.3) is 0 Å². The van der Waals surface area contributed by atoms with Gasteiger partial charge < -0.3 is 19.9 Å². The number of rotatable bonds is 4. The fraction of sp³-hybridized carbons (Fsp3) is 0.182. The number of primary amides is 1. The fourth-order valence-corrected chi connectivity index (χ4v) is 1.47. The summed E-state index contributed by atoms with van der Waals surface area (Å²) >= 11 is 0. The lowest BCUT2D eigenvalue weighted by atomic mass is 10.2. The molecule has 1 aromatic rings. The molecule has 0 atom stereocenters. The molecule has 1 aliphatic rings. The van der Waals surface area contributed by atoms with Crippen molar-refractivity contribution in [2.45, 2.75) is 0 Å². The van der Waals surface area contributed by atoms with Crippen molar-refractivity contribution >= 4 is 18.2 Å². The van der Waals surface area contributed by atoms with Crippen LogP contribution >= 0.6 is 0 Å². The molecule has 8 heteroatoms. The van der Waals surface area contributed by atoms with Crippen molar-refractivity contribution in [3.63, 3.8) is 0 Å². The summed E-state index contributed by atoms with van der Waals surface area (Å²) in [5, 5.41) is 1.83. The average molecular weight is 266 g/mol. The first-order chi connectivity index (χ1) is 9.10. The highest BCUT2D eigenvalue weighted by Crippen LogP contribution is 2.37. The van der Waals surface area contributed by atoms with Gasteiger partial charge in [0, 0.05) is 6.07 Å². The molecule has 1 aromatic carbocycles. The molecule has 3 amide bonds. The van der Waals surface area contributed by atoms with E-state index in [1.807, 2.05) is 5.32 Å². The van der Waals surface area contributed by atoms with Gasteiger partial charge in [-0.05, 0) is 6.07 Å². The minimum absolute atomic E-state index is 0.0548. The Kier molecular flexibility index (Phi) is 3.51. The van der Waals surface area contributed by atoms with Crippen LogP contribution in [0.2, 0.25) is 0 Å². The number of urea groups is 1. The number of hydrogen-bond donors (Lipinski definition) is 2. The number of nitrogens with one attached hydrogen (secondary N) is 1. The molecule has 0 saturated heterocycles. The standard InChI is InChI=1S/C11H10N2O6/c12-11(16)13-10(15)4-17-7-2-9-8(18-5-19-9)1-6(7)3-14/h1-3H,4-5H2,(H3,12,13,15,16). The molecule has 0 spiro atoms. The van der Waals surface area contributed by atoms with E-state index in [-0.39, 0.29) is 18.1 Å². The molecule has 0 aromatic heterocycles. The highest BCUT2D eigenvalue weighted by atomic mass is 16.7. The Hall–Kier alpha value is -2.77. The molecule has 1 heterocycles. The number of hydrogen-bond acceptors (Lipinski definition) is 6. The van der Waals surface area contributed by atoms with Gasteiger partial charge in [-0.15, -0.1) is 0 Å². The van der Waals surface area contributed by atoms with Crippen molar-refractivity contribution in [3.8, 4) is 17.2 Å². The largest absolute Gasteiger partial charge is 0.483 e. The first-order valence-corrected chi connectivity index (χ1v) is 5.21. The predicted molar refractivity (Wildman–Crippen MR) is 61.2 cm³/mol. The van der Waals surface area contributed by atoms with Crippen LogP contribution in [0.4, 0.5) is 4.79 Å². The zero-order valence-electron chi connectivity index (χ0n) is 9.67. The van der Waals surface area contributed by atoms with Crippen LogP contribution in [0, 0.1) is 0 Å². The van der Waals surface area contributed by atoms with Gasteiger partial charge in [0.25, 0.3) is 5.91 Å². The Morgan fingerprint density at radius 2 is 2.05 bits per heavy atom. The Labute approximate surface area is 107 Å². The van der Waals surface area contributed by atoms with Crippen molar-refractivity contribution < 1.29 is 28.6 Å². The summed E-state index contributed by atoms with van der Waals surface area (Å²) in [5.74, 6) is 0.271. The number of carbonyl (C=O) groups excluding carboxylic acids is 3. The summed E-state index contributed by atoms with van der Waals surface area (Å²) < 4.78 is 15.3. The first kappa shape index (κ1) is 12.7. The molecule has 0 unspecified atom stereocenters. The highest BCUT2D eigenvalue weighted by molar-refractivity contribution is 5.94. The molecule has 19 heavy (non-hydrogen) atoms. The van der Waals surface area contributed by atoms with E-state index in [0.717, 1.165) is 0 Å². The maximum absolute atomic E-state index is 11.2. The van der Waals surface area contributed by atoms with Crippen LogP contribution in [0.15, 0.2) is 12.1 Å². The average Bonchev–Trinajstić information content (AvgIpc) is 2.81. The summed E-state index contributed by atoms with van der Waals surface area (Å²) in [6.07, 6.45) is 0.559. The molecule has 0 bridgehead atoms. The second-order valence-electron chi connectivity index (χ2n) is 3.56. The van der Waals surface area contributed by atoms with Crippen molar-refractivity contribution in [2.24, 2.45) is 5.73 Å². The van der Waals surface area contributed by atoms with E-state index in [1.54, 1.807) is 0 Å². The number of nitrogens with two attached hydrogens (primary N) is 1. The van der Waals surface area contributed by atoms with Gasteiger partial charge in [0.2, 0.25) is 6.79 Å². The Bertz CT molecular complexity index is 542. The van der Waals surface area contributed by atoms with Crippen molar-refractivity contribution in [1.82, 2.24) is 5.32 Å². The number of aldehydes is 1. The number of benzene rings is 1. The zero-order chi connectivity index (χ0) is 13.8. The predicted octanol–water partition coefficient (Wildman–Crippen LogP) is -0.199. The Morgan fingerprint density at radius 3 is 2.68 bits per heavy atom. The van der Waals surface area contributed by atoms with Gasteiger partial charge in [0.05, 0.1) is 5.56 Å². The van der Waals surface area contributed by atoms with E-state index in [1.165, 1.54) is 12.1 Å². The molecule has 0 aliphatic carbocycles. The lowest BCUT2D eigenvalue weighted by molar-refractivity contribution is -0.121. The SMILES string of the molecule is NC(=O)NC(=O)COc1cc2c(cc1C=O)OCO2. The summed E-state index contributed by atoms with van der Waals surface area (Å²) in [6, 6.07) is 1.90. The summed E-state index contributed by atoms with van der Waals surface area (Å²) in [5.41, 5.74) is 4.98. The lowest BCUT2D eigenvalue weighted by Crippen LogP contribution is -2.38. The normalized spacial score (nSPS) is 11.8. The number of ether oxygens (including phenoxy) is 3. The van der Waals surface area contributed by atoms with E-state index in [4.69, 9.17) is 19.9 Å². The van der Waals surface area contributed by atoms with Crippen LogP contribution in [0.1, 0.15) is 10.4 Å². The van der Waals surface area contributed by atoms with E-state index in [0.29, 0.717) is 17.8 Å². The van der Waals surface area contributed by atoms with Crippen LogP contribution in [0.5, 0.6) is 17.2 Å². The maximum Gasteiger partial charge on any atom is 0.318 e. The topological polar surface area (TPSA) is 117 Å². The van der Waals surface area contributed by atoms with Gasteiger partial charge in [-0.1, -0.05) is 0 Å². The summed E-state index contributed by atoms with van der Waals surface area (Å²) in [7, 11) is 0. The third-order valence-electron chi connectivity index (χ3n) is 2.25. The fourth-order valence-electron chi connectivity index (χ4n) is 1.47. The summed E-state index contributed by atoms with van der Waals surface area (Å²) in [6.45, 7) is -0.400. The molecular formula is C11H10N2O6. The second-order valence-corrected chi connectivity index (χ2v) is 3.56. The Balaban J connectivity index is 2.09. The molecule has 1 aliphatic heterocycles. The quantitative estimate of drug-likeness (QED) is 0.729. The van der Waals surface area contributed by atoms with Crippen LogP contribution in [0.3, 0.4) is 0 Å². The van der Waals surface area contributed by atoms with Crippen LogP contribution in [-0.2, 0) is 4.79 Å². The molecule has 8 nitrogen and oxygen atoms in total. The van der Waals surface area contributed by atoms with E-state index < -0.39 is 18.5 Å². The Morgan fingerprint density at radius 1 is 1.37 bits per heavy atom. The van der Waals surface area contributed by atoms with Gasteiger partial charge in [0.1, 0.15) is 5.75 Å². The lowest BCUT2D eigenvalue weighted by Gasteiger charge is -2.08. The van der Waals surface area contributed by atoms with E-state index >= 15 is 0 Å². The number of amides is 3. The van der Waals surface area contributed by atoms with E-state index in [9.17, 15) is 14.4 Å². The molecular weight excluding hydrogens is 256 g/mol. The third-order valence-corrected chi connectivity index (χ3v) is 2.25. The van der Waals surface area contributed by atoms with Crippen LogP contribution in [-0.4, -0.2) is 31.6 Å². The minimum Gasteiger partial charge on any atom is -0.483 e. The molecule has 100 valence electrons. The van der Waals surface area contributed by atoms with Crippen LogP contribution < -0.4 is 25.3 Å². The van der Waals surface area contributed by atoms with Gasteiger partial charge in [-0.25, -0.2) is 4.79 Å². The number of carbonyl (C=O) groups is 3. The van der Waals surface area contributed by atoms with Gasteiger partial charge >= 0.3 is 6.03 Å². The highest BCUT2D eigenvalue weighted by Gasteiger charge is 2.18. The molecule has 2 rings (SSSR count). The molecule has 3 N–H and O–H groups in total. The number of imide groups is 1. The van der Waals surface area contributed by atoms with Crippen molar-refractivity contribution in [1.29, 1.82) is 0 Å². The van der Waals surface area contributed by atoms with Gasteiger partial charge in [-0.3, -0.25) is 14.9 Å². The molecule has 0 fully saturated rings. The molecule has 0 radical (unpaired) electrons. The number of fused-ring (bicyclic) bond motifs is 1. The molecule has 0 saturated carbocycles. The van der Waals surface area contributed by atoms with Gasteiger partial charge in [0.15, 0.2) is 24.4 Å². The van der Waals surface area contributed by atoms with Gasteiger partial charge in [-0.2, -0.15) is 0 Å². The first-order valence-electron chi connectivity index (χ1n) is 5.21. The third kappa shape index (κ3) is 2.92. The smallest absolute Gasteiger partial charge is 0.318 e. The second kappa shape index (κ2) is 5.25. The van der Waals surface area contributed by atoms with Crippen molar-refractivity contribution in [2.75, 3.05) is 13.4 Å². The van der Waals surface area contributed by atoms with E-state index in [2.05, 4.69) is 0 Å². The maximum atomic E-state index is 11.2. The summed E-state index contributed by atoms with van der Waals surface area (Å²) in [4.78, 5) is 32.5.